The number of nitro groups is 1. The average molecular weight is 331 g/mol. The van der Waals surface area contributed by atoms with Crippen molar-refractivity contribution in [3.05, 3.63) is 56.6 Å². The van der Waals surface area contributed by atoms with Crippen LogP contribution in [0.2, 0.25) is 0 Å². The molecule has 2 heterocycles. The SMILES string of the molecule is O=C(/C=C/c1ccc([N+](=O)[O-])cc1)Nc1nc2c(s1)COCC2. The largest absolute Gasteiger partial charge is 0.375 e. The maximum Gasteiger partial charge on any atom is 0.269 e. The van der Waals surface area contributed by atoms with Gasteiger partial charge < -0.3 is 4.74 Å². The van der Waals surface area contributed by atoms with Gasteiger partial charge in [0.05, 0.1) is 28.7 Å². The van der Waals surface area contributed by atoms with Crippen LogP contribution < -0.4 is 5.32 Å². The Balaban J connectivity index is 1.62. The zero-order chi connectivity index (χ0) is 16.2. The van der Waals surface area contributed by atoms with Crippen LogP contribution in [0.15, 0.2) is 30.3 Å². The molecule has 0 unspecified atom stereocenters. The van der Waals surface area contributed by atoms with Gasteiger partial charge >= 0.3 is 0 Å². The number of hydrogen-bond donors (Lipinski definition) is 1. The summed E-state index contributed by atoms with van der Waals surface area (Å²) in [4.78, 5) is 27.4. The van der Waals surface area contributed by atoms with Crippen molar-refractivity contribution in [2.45, 2.75) is 13.0 Å². The van der Waals surface area contributed by atoms with Gasteiger partial charge in [-0.3, -0.25) is 20.2 Å². The second-order valence-corrected chi connectivity index (χ2v) is 5.95. The quantitative estimate of drug-likeness (QED) is 0.528. The highest BCUT2D eigenvalue weighted by Crippen LogP contribution is 2.27. The van der Waals surface area contributed by atoms with Gasteiger partial charge in [0, 0.05) is 24.6 Å². The number of nitro benzene ring substituents is 1. The van der Waals surface area contributed by atoms with Crippen LogP contribution >= 0.6 is 11.3 Å². The number of carbonyl (C=O) groups is 1. The van der Waals surface area contributed by atoms with E-state index in [1.54, 1.807) is 18.2 Å². The van der Waals surface area contributed by atoms with E-state index in [1.807, 2.05) is 0 Å². The monoisotopic (exact) mass is 331 g/mol. The maximum atomic E-state index is 11.9. The summed E-state index contributed by atoms with van der Waals surface area (Å²) in [6.07, 6.45) is 3.73. The predicted molar refractivity (Wildman–Crippen MR) is 86.2 cm³/mol. The number of nitrogens with zero attached hydrogens (tertiary/aromatic N) is 2. The number of rotatable bonds is 4. The normalized spacial score (nSPS) is 13.7. The van der Waals surface area contributed by atoms with E-state index in [2.05, 4.69) is 10.3 Å². The van der Waals surface area contributed by atoms with E-state index in [0.717, 1.165) is 17.0 Å². The molecule has 23 heavy (non-hydrogen) atoms. The smallest absolute Gasteiger partial charge is 0.269 e. The molecule has 1 aromatic heterocycles. The number of hydrogen-bond acceptors (Lipinski definition) is 6. The number of carbonyl (C=O) groups excluding carboxylic acids is 1. The Morgan fingerprint density at radius 2 is 2.17 bits per heavy atom. The van der Waals surface area contributed by atoms with Crippen LogP contribution in [0.3, 0.4) is 0 Å². The van der Waals surface area contributed by atoms with E-state index in [1.165, 1.54) is 29.5 Å². The number of nitrogens with one attached hydrogen (secondary N) is 1. The summed E-state index contributed by atoms with van der Waals surface area (Å²) in [5, 5.41) is 13.8. The molecule has 118 valence electrons. The van der Waals surface area contributed by atoms with Gasteiger partial charge in [0.2, 0.25) is 5.91 Å². The molecule has 0 radical (unpaired) electrons. The summed E-state index contributed by atoms with van der Waals surface area (Å²) >= 11 is 1.41. The van der Waals surface area contributed by atoms with Gasteiger partial charge in [0.25, 0.3) is 5.69 Å². The lowest BCUT2D eigenvalue weighted by Crippen LogP contribution is -2.09. The van der Waals surface area contributed by atoms with Crippen molar-refractivity contribution in [2.75, 3.05) is 11.9 Å². The van der Waals surface area contributed by atoms with E-state index in [4.69, 9.17) is 4.74 Å². The molecule has 2 aromatic rings. The summed E-state index contributed by atoms with van der Waals surface area (Å²) in [6.45, 7) is 1.20. The minimum atomic E-state index is -0.464. The van der Waals surface area contributed by atoms with E-state index < -0.39 is 4.92 Å². The van der Waals surface area contributed by atoms with Gasteiger partial charge in [-0.25, -0.2) is 4.98 Å². The third-order valence-corrected chi connectivity index (χ3v) is 4.24. The van der Waals surface area contributed by atoms with Crippen LogP contribution in [-0.4, -0.2) is 22.4 Å². The number of ether oxygens (including phenoxy) is 1. The number of non-ortho nitro benzene ring substituents is 1. The van der Waals surface area contributed by atoms with Gasteiger partial charge in [-0.05, 0) is 23.8 Å². The van der Waals surface area contributed by atoms with E-state index >= 15 is 0 Å². The van der Waals surface area contributed by atoms with Crippen molar-refractivity contribution in [3.63, 3.8) is 0 Å². The standard InChI is InChI=1S/C15H13N3O4S/c19-14(6-3-10-1-4-11(5-2-10)18(20)21)17-15-16-12-7-8-22-9-13(12)23-15/h1-6H,7-9H2,(H,16,17,19)/b6-3+. The molecular formula is C15H13N3O4S. The van der Waals surface area contributed by atoms with Crippen LogP contribution in [-0.2, 0) is 22.6 Å². The number of fused-ring (bicyclic) bond motifs is 1. The summed E-state index contributed by atoms with van der Waals surface area (Å²) in [5.74, 6) is -0.296. The fourth-order valence-corrected chi connectivity index (χ4v) is 3.05. The van der Waals surface area contributed by atoms with Crippen LogP contribution in [0.1, 0.15) is 16.1 Å². The molecular weight excluding hydrogens is 318 g/mol. The number of benzene rings is 1. The summed E-state index contributed by atoms with van der Waals surface area (Å²) in [7, 11) is 0. The van der Waals surface area contributed by atoms with Crippen molar-refractivity contribution in [1.29, 1.82) is 0 Å². The number of aromatic nitrogens is 1. The first-order chi connectivity index (χ1) is 11.1. The van der Waals surface area contributed by atoms with Gasteiger partial charge in [0.1, 0.15) is 0 Å². The van der Waals surface area contributed by atoms with Gasteiger partial charge in [-0.15, -0.1) is 0 Å². The van der Waals surface area contributed by atoms with Crippen molar-refractivity contribution in [2.24, 2.45) is 0 Å². The van der Waals surface area contributed by atoms with Crippen LogP contribution in [0.5, 0.6) is 0 Å². The molecule has 0 atom stereocenters. The Morgan fingerprint density at radius 3 is 2.87 bits per heavy atom. The molecule has 1 aliphatic heterocycles. The summed E-state index contributed by atoms with van der Waals surface area (Å²) in [5.41, 5.74) is 1.70. The summed E-state index contributed by atoms with van der Waals surface area (Å²) in [6, 6.07) is 5.96. The summed E-state index contributed by atoms with van der Waals surface area (Å²) < 4.78 is 5.34. The predicted octanol–water partition coefficient (Wildman–Crippen LogP) is 2.78. The highest BCUT2D eigenvalue weighted by Gasteiger charge is 2.16. The first-order valence-electron chi connectivity index (χ1n) is 6.91. The lowest BCUT2D eigenvalue weighted by molar-refractivity contribution is -0.384. The highest BCUT2D eigenvalue weighted by atomic mass is 32.1. The maximum absolute atomic E-state index is 11.9. The first-order valence-corrected chi connectivity index (χ1v) is 7.73. The van der Waals surface area contributed by atoms with Crippen molar-refractivity contribution >= 4 is 34.1 Å². The third-order valence-electron chi connectivity index (χ3n) is 3.26. The van der Waals surface area contributed by atoms with Crippen molar-refractivity contribution < 1.29 is 14.5 Å². The van der Waals surface area contributed by atoms with Gasteiger partial charge in [-0.1, -0.05) is 11.3 Å². The van der Waals surface area contributed by atoms with Crippen LogP contribution in [0.25, 0.3) is 6.08 Å². The fourth-order valence-electron chi connectivity index (χ4n) is 2.10. The Kier molecular flexibility index (Phi) is 4.45. The van der Waals surface area contributed by atoms with Crippen LogP contribution in [0.4, 0.5) is 10.8 Å². The van der Waals surface area contributed by atoms with Gasteiger partial charge in [-0.2, -0.15) is 0 Å². The van der Waals surface area contributed by atoms with Crippen molar-refractivity contribution in [1.82, 2.24) is 4.98 Å². The molecule has 0 bridgehead atoms. The fraction of sp³-hybridized carbons (Fsp3) is 0.200. The molecule has 7 nitrogen and oxygen atoms in total. The third kappa shape index (κ3) is 3.79. The lowest BCUT2D eigenvalue weighted by Gasteiger charge is -2.08. The molecule has 8 heteroatoms. The van der Waals surface area contributed by atoms with E-state index in [9.17, 15) is 14.9 Å². The lowest BCUT2D eigenvalue weighted by atomic mass is 10.2. The van der Waals surface area contributed by atoms with E-state index in [0.29, 0.717) is 23.9 Å². The average Bonchev–Trinajstić information content (AvgIpc) is 2.95. The molecule has 0 fully saturated rings. The zero-order valence-electron chi connectivity index (χ0n) is 12.0. The molecule has 0 saturated heterocycles. The van der Waals surface area contributed by atoms with Crippen molar-refractivity contribution in [3.8, 4) is 0 Å². The number of amides is 1. The number of anilines is 1. The number of thiazole rings is 1. The van der Waals surface area contributed by atoms with Crippen LogP contribution in [0, 0.1) is 10.1 Å². The van der Waals surface area contributed by atoms with Gasteiger partial charge in [0.15, 0.2) is 5.13 Å². The molecule has 0 aliphatic carbocycles. The minimum Gasteiger partial charge on any atom is -0.375 e. The molecule has 0 spiro atoms. The Bertz CT molecular complexity index is 744. The Hall–Kier alpha value is -2.58. The molecule has 1 amide bonds. The second kappa shape index (κ2) is 6.67. The molecule has 1 aliphatic rings. The molecule has 1 aromatic carbocycles. The Morgan fingerprint density at radius 1 is 1.39 bits per heavy atom. The molecule has 0 saturated carbocycles. The van der Waals surface area contributed by atoms with E-state index in [-0.39, 0.29) is 11.6 Å². The molecule has 1 N–H and O–H groups in total. The second-order valence-electron chi connectivity index (χ2n) is 4.86. The first kappa shape index (κ1) is 15.3. The molecule has 3 rings (SSSR count). The minimum absolute atomic E-state index is 0.0159. The topological polar surface area (TPSA) is 94.4 Å². The Labute approximate surface area is 135 Å². The highest BCUT2D eigenvalue weighted by molar-refractivity contribution is 7.15. The zero-order valence-corrected chi connectivity index (χ0v) is 12.8.